The van der Waals surface area contributed by atoms with E-state index in [2.05, 4.69) is 148 Å². The van der Waals surface area contributed by atoms with E-state index in [0.29, 0.717) is 19.3 Å². The van der Waals surface area contributed by atoms with Crippen molar-refractivity contribution in [3.63, 3.8) is 0 Å². The third-order valence-electron chi connectivity index (χ3n) is 11.3. The van der Waals surface area contributed by atoms with Gasteiger partial charge in [0.2, 0.25) is 0 Å². The second-order valence-corrected chi connectivity index (χ2v) is 19.8. The lowest BCUT2D eigenvalue weighted by Crippen LogP contribution is -2.30. The van der Waals surface area contributed by atoms with E-state index in [1.807, 2.05) is 12.2 Å². The summed E-state index contributed by atoms with van der Waals surface area (Å²) in [5, 5.41) is 9.81. The largest absolute Gasteiger partial charge is 0.472 e. The molecule has 0 saturated heterocycles. The molecular formula is C64H101O11P. The fourth-order valence-electron chi connectivity index (χ4n) is 7.02. The topological polar surface area (TPSA) is 155 Å². The van der Waals surface area contributed by atoms with Crippen LogP contribution in [0.5, 0.6) is 0 Å². The number of ether oxygens (including phenoxy) is 3. The van der Waals surface area contributed by atoms with Crippen LogP contribution in [0.25, 0.3) is 0 Å². The summed E-state index contributed by atoms with van der Waals surface area (Å²) in [5.74, 6) is -1.67. The van der Waals surface area contributed by atoms with Gasteiger partial charge >= 0.3 is 25.7 Å². The number of rotatable bonds is 51. The first-order chi connectivity index (χ1) is 37.2. The maximum atomic E-state index is 12.9. The molecule has 12 heteroatoms. The van der Waals surface area contributed by atoms with Gasteiger partial charge in [0.1, 0.15) is 12.7 Å². The number of hydrogen-bond donors (Lipinski definition) is 2. The maximum absolute atomic E-state index is 12.9. The Morgan fingerprint density at radius 1 is 0.382 bits per heavy atom. The molecule has 0 amide bonds. The lowest BCUT2D eigenvalue weighted by Gasteiger charge is -2.21. The molecule has 3 atom stereocenters. The van der Waals surface area contributed by atoms with E-state index >= 15 is 0 Å². The highest BCUT2D eigenvalue weighted by molar-refractivity contribution is 7.47. The van der Waals surface area contributed by atoms with Crippen molar-refractivity contribution in [1.29, 1.82) is 0 Å². The quantitative estimate of drug-likeness (QED) is 0.0197. The van der Waals surface area contributed by atoms with Gasteiger partial charge in [-0.05, 0) is 116 Å². The van der Waals surface area contributed by atoms with E-state index in [1.165, 1.54) is 0 Å². The zero-order chi connectivity index (χ0) is 55.5. The molecule has 2 N–H and O–H groups in total. The number of unbranched alkanes of at least 4 members (excludes halogenated alkanes) is 11. The normalized spacial score (nSPS) is 14.4. The summed E-state index contributed by atoms with van der Waals surface area (Å²) in [4.78, 5) is 48.5. The first-order valence-electron chi connectivity index (χ1n) is 28.7. The van der Waals surface area contributed by atoms with E-state index in [0.717, 1.165) is 141 Å². The highest BCUT2D eigenvalue weighted by Crippen LogP contribution is 2.43. The second kappa shape index (κ2) is 56.6. The Labute approximate surface area is 461 Å². The molecule has 3 unspecified atom stereocenters. The first-order valence-corrected chi connectivity index (χ1v) is 30.2. The summed E-state index contributed by atoms with van der Waals surface area (Å²) in [6, 6.07) is 0. The fourth-order valence-corrected chi connectivity index (χ4v) is 7.81. The van der Waals surface area contributed by atoms with E-state index < -0.39 is 64.4 Å². The average Bonchev–Trinajstić information content (AvgIpc) is 3.41. The van der Waals surface area contributed by atoms with Crippen LogP contribution in [0.3, 0.4) is 0 Å². The Kier molecular flexibility index (Phi) is 53.1. The number of phosphoric ester groups is 1. The standard InChI is InChI=1S/C64H101O11P/c1-4-7-10-13-16-19-22-25-28-29-30-31-34-37-40-43-46-49-52-55-64(68)75-61(57-71-62(66)53-50-47-44-41-38-35-32-26-23-20-17-14-11-8-5-2)59-73-76(69,70)72-58-60(56-65)74-63(67)54-51-48-45-42-39-36-33-27-24-21-18-15-12-9-6-3/h7-12,16-21,25-28,30-33,38,41,47,50,60-61,65H,4-6,13-15,22-24,29,34-37,39-40,42-46,48-49,51-59H2,1-3H3,(H,69,70)/b10-7-,11-8-,12-9-,19-16-,20-17-,21-18-,28-25-,31-30-,32-26-,33-27-,41-38-,50-47-. The SMILES string of the molecule is CC/C=C\C/C=C\C/C=C\C/C=C\C/C=C\CC(=O)OCC(COP(=O)(O)OCC(CO)OC(=O)CCCCCCC/C=C\C/C=C\C/C=C\CC)OC(=O)CCCCCCCC/C=C\C/C=C\C/C=C\C/C=C\CC. The third-order valence-corrected chi connectivity index (χ3v) is 12.2. The van der Waals surface area contributed by atoms with Gasteiger partial charge in [0.25, 0.3) is 0 Å². The van der Waals surface area contributed by atoms with Crippen LogP contribution in [0, 0.1) is 0 Å². The van der Waals surface area contributed by atoms with Crippen LogP contribution in [-0.2, 0) is 42.2 Å². The van der Waals surface area contributed by atoms with Gasteiger partial charge in [-0.2, -0.15) is 0 Å². The summed E-state index contributed by atoms with van der Waals surface area (Å²) in [6.07, 6.45) is 72.6. The minimum absolute atomic E-state index is 0.0183. The number of aliphatic hydroxyl groups is 1. The van der Waals surface area contributed by atoms with E-state index in [4.69, 9.17) is 23.3 Å². The molecule has 0 radical (unpaired) electrons. The predicted molar refractivity (Wildman–Crippen MR) is 316 cm³/mol. The van der Waals surface area contributed by atoms with Crippen molar-refractivity contribution in [3.8, 4) is 0 Å². The van der Waals surface area contributed by atoms with Gasteiger partial charge in [0, 0.05) is 12.8 Å². The fraction of sp³-hybridized carbons (Fsp3) is 0.578. The van der Waals surface area contributed by atoms with Gasteiger partial charge < -0.3 is 24.2 Å². The molecule has 0 aliphatic carbocycles. The number of carbonyl (C=O) groups is 3. The highest BCUT2D eigenvalue weighted by atomic mass is 31.2. The van der Waals surface area contributed by atoms with Crippen LogP contribution in [0.2, 0.25) is 0 Å². The van der Waals surface area contributed by atoms with Crippen molar-refractivity contribution in [2.45, 2.75) is 213 Å². The van der Waals surface area contributed by atoms with Gasteiger partial charge in [-0.3, -0.25) is 23.4 Å². The number of allylic oxidation sites excluding steroid dienone is 23. The summed E-state index contributed by atoms with van der Waals surface area (Å²) in [7, 11) is -4.79. The summed E-state index contributed by atoms with van der Waals surface area (Å²) in [6.45, 7) is 4.13. The minimum atomic E-state index is -4.79. The molecule has 0 aliphatic heterocycles. The van der Waals surface area contributed by atoms with E-state index in [1.54, 1.807) is 6.08 Å². The number of esters is 3. The van der Waals surface area contributed by atoms with Gasteiger partial charge in [0.05, 0.1) is 26.2 Å². The lowest BCUT2D eigenvalue weighted by molar-refractivity contribution is -0.161. The number of hydrogen-bond acceptors (Lipinski definition) is 10. The van der Waals surface area contributed by atoms with E-state index in [9.17, 15) is 28.9 Å². The molecule has 0 saturated carbocycles. The van der Waals surface area contributed by atoms with Crippen LogP contribution in [-0.4, -0.2) is 66.5 Å². The smallest absolute Gasteiger partial charge is 0.461 e. The molecule has 0 rings (SSSR count). The molecule has 0 aromatic rings. The van der Waals surface area contributed by atoms with Crippen molar-refractivity contribution >= 4 is 25.7 Å². The summed E-state index contributed by atoms with van der Waals surface area (Å²) < 4.78 is 39.4. The van der Waals surface area contributed by atoms with Crippen LogP contribution in [0.1, 0.15) is 201 Å². The van der Waals surface area contributed by atoms with Gasteiger partial charge in [0.15, 0.2) is 6.10 Å². The first kappa shape index (κ1) is 71.4. The monoisotopic (exact) mass is 1080 g/mol. The maximum Gasteiger partial charge on any atom is 0.472 e. The van der Waals surface area contributed by atoms with Gasteiger partial charge in [-0.15, -0.1) is 0 Å². The zero-order valence-corrected chi connectivity index (χ0v) is 48.0. The second-order valence-electron chi connectivity index (χ2n) is 18.3. The Hall–Kier alpha value is -4.64. The molecule has 0 bridgehead atoms. The van der Waals surface area contributed by atoms with Crippen molar-refractivity contribution < 1.29 is 52.2 Å². The minimum Gasteiger partial charge on any atom is -0.461 e. The number of aliphatic hydroxyl groups excluding tert-OH is 1. The highest BCUT2D eigenvalue weighted by Gasteiger charge is 2.28. The van der Waals surface area contributed by atoms with Crippen molar-refractivity contribution in [1.82, 2.24) is 0 Å². The molecule has 0 spiro atoms. The summed E-state index contributed by atoms with van der Waals surface area (Å²) in [5.41, 5.74) is 0. The molecular weight excluding hydrogens is 976 g/mol. The Morgan fingerprint density at radius 3 is 1.05 bits per heavy atom. The molecule has 11 nitrogen and oxygen atoms in total. The Morgan fingerprint density at radius 2 is 0.684 bits per heavy atom. The van der Waals surface area contributed by atoms with Crippen LogP contribution < -0.4 is 0 Å². The summed E-state index contributed by atoms with van der Waals surface area (Å²) >= 11 is 0. The van der Waals surface area contributed by atoms with E-state index in [-0.39, 0.29) is 19.3 Å². The van der Waals surface area contributed by atoms with Crippen molar-refractivity contribution in [3.05, 3.63) is 146 Å². The molecule has 76 heavy (non-hydrogen) atoms. The average molecular weight is 1080 g/mol. The van der Waals surface area contributed by atoms with Gasteiger partial charge in [-0.25, -0.2) is 4.57 Å². The van der Waals surface area contributed by atoms with Crippen LogP contribution in [0.4, 0.5) is 0 Å². The molecule has 428 valence electrons. The molecule has 0 fully saturated rings. The predicted octanol–water partition coefficient (Wildman–Crippen LogP) is 17.1. The van der Waals surface area contributed by atoms with Crippen LogP contribution in [0.15, 0.2) is 146 Å². The molecule has 0 aliphatic rings. The molecule has 0 aromatic heterocycles. The number of phosphoric acid groups is 1. The third kappa shape index (κ3) is 54.2. The van der Waals surface area contributed by atoms with Crippen LogP contribution >= 0.6 is 7.82 Å². The molecule has 0 aromatic carbocycles. The Bertz CT molecular complexity index is 1830. The molecule has 0 heterocycles. The zero-order valence-electron chi connectivity index (χ0n) is 47.2. The van der Waals surface area contributed by atoms with Crippen molar-refractivity contribution in [2.75, 3.05) is 26.4 Å². The van der Waals surface area contributed by atoms with Crippen molar-refractivity contribution in [2.24, 2.45) is 0 Å². The van der Waals surface area contributed by atoms with Gasteiger partial charge in [-0.1, -0.05) is 212 Å². The lowest BCUT2D eigenvalue weighted by atomic mass is 10.1. The number of carbonyl (C=O) groups excluding carboxylic acids is 3. The Balaban J connectivity index is 4.88.